The van der Waals surface area contributed by atoms with Crippen LogP contribution in [0.2, 0.25) is 0 Å². The highest BCUT2D eigenvalue weighted by Gasteiger charge is 2.25. The highest BCUT2D eigenvalue weighted by Crippen LogP contribution is 2.37. The van der Waals surface area contributed by atoms with E-state index < -0.39 is 0 Å². The smallest absolute Gasteiger partial charge is 0.0466 e. The van der Waals surface area contributed by atoms with Gasteiger partial charge in [-0.15, -0.1) is 5.16 Å². The van der Waals surface area contributed by atoms with Crippen LogP contribution in [0.1, 0.15) is 39.5 Å². The summed E-state index contributed by atoms with van der Waals surface area (Å²) in [7, 11) is 0. The molecule has 0 radical (unpaired) electrons. The van der Waals surface area contributed by atoms with Crippen LogP contribution in [-0.2, 0) is 0 Å². The molecule has 11 heavy (non-hydrogen) atoms. The van der Waals surface area contributed by atoms with Crippen molar-refractivity contribution >= 4 is 6.21 Å². The molecule has 2 heteroatoms. The lowest BCUT2D eigenvalue weighted by Crippen LogP contribution is -2.21. The summed E-state index contributed by atoms with van der Waals surface area (Å²) in [5.74, 6) is 0.521. The molecule has 0 bridgehead atoms. The van der Waals surface area contributed by atoms with Crippen molar-refractivity contribution < 1.29 is 5.21 Å². The summed E-state index contributed by atoms with van der Waals surface area (Å²) in [5, 5.41) is 11.4. The molecule has 1 N–H and O–H groups in total. The highest BCUT2D eigenvalue weighted by atomic mass is 16.4. The fourth-order valence-electron chi connectivity index (χ4n) is 1.66. The molecular weight excluding hydrogens is 138 g/mol. The molecule has 1 aliphatic carbocycles. The molecule has 64 valence electrons. The van der Waals surface area contributed by atoms with E-state index in [0.717, 1.165) is 0 Å². The minimum absolute atomic E-state index is 0.514. The summed E-state index contributed by atoms with van der Waals surface area (Å²) in [6, 6.07) is 0. The van der Waals surface area contributed by atoms with Gasteiger partial charge in [-0.05, 0) is 37.0 Å². The second-order valence-corrected chi connectivity index (χ2v) is 4.27. The Bertz CT molecular complexity index is 142. The van der Waals surface area contributed by atoms with Gasteiger partial charge in [0, 0.05) is 6.21 Å². The largest absolute Gasteiger partial charge is 0.411 e. The standard InChI is InChI=1S/C9H17NO/c1-9(2)5-3-8(4-6-9)7-10-11/h7-8,11H,3-6H2,1-2H3. The van der Waals surface area contributed by atoms with Crippen molar-refractivity contribution in [2.45, 2.75) is 39.5 Å². The van der Waals surface area contributed by atoms with Gasteiger partial charge in [0.05, 0.1) is 0 Å². The van der Waals surface area contributed by atoms with Gasteiger partial charge < -0.3 is 5.21 Å². The number of rotatable bonds is 1. The van der Waals surface area contributed by atoms with E-state index in [9.17, 15) is 0 Å². The summed E-state index contributed by atoms with van der Waals surface area (Å²) >= 11 is 0. The van der Waals surface area contributed by atoms with E-state index in [4.69, 9.17) is 5.21 Å². The minimum Gasteiger partial charge on any atom is -0.411 e. The molecule has 0 aromatic heterocycles. The Hall–Kier alpha value is -0.530. The van der Waals surface area contributed by atoms with Gasteiger partial charge >= 0.3 is 0 Å². The Morgan fingerprint density at radius 1 is 1.36 bits per heavy atom. The number of oxime groups is 1. The predicted octanol–water partition coefficient (Wildman–Crippen LogP) is 2.66. The second kappa shape index (κ2) is 3.24. The van der Waals surface area contributed by atoms with E-state index in [1.54, 1.807) is 6.21 Å². The maximum atomic E-state index is 8.32. The van der Waals surface area contributed by atoms with Gasteiger partial charge in [0.25, 0.3) is 0 Å². The predicted molar refractivity (Wildman–Crippen MR) is 46.0 cm³/mol. The lowest BCUT2D eigenvalue weighted by molar-refractivity contribution is 0.220. The third-order valence-electron chi connectivity index (χ3n) is 2.66. The van der Waals surface area contributed by atoms with E-state index in [1.807, 2.05) is 0 Å². The van der Waals surface area contributed by atoms with Gasteiger partial charge in [0.15, 0.2) is 0 Å². The molecule has 0 aliphatic heterocycles. The molecule has 0 atom stereocenters. The lowest BCUT2D eigenvalue weighted by Gasteiger charge is -2.32. The van der Waals surface area contributed by atoms with E-state index in [0.29, 0.717) is 11.3 Å². The normalized spacial score (nSPS) is 26.0. The quantitative estimate of drug-likeness (QED) is 0.352. The summed E-state index contributed by atoms with van der Waals surface area (Å²) < 4.78 is 0. The first-order valence-corrected chi connectivity index (χ1v) is 4.32. The second-order valence-electron chi connectivity index (χ2n) is 4.27. The van der Waals surface area contributed by atoms with Crippen LogP contribution >= 0.6 is 0 Å². The molecule has 0 saturated heterocycles. The SMILES string of the molecule is CC1(C)CCC(C=NO)CC1. The van der Waals surface area contributed by atoms with E-state index in [1.165, 1.54) is 25.7 Å². The van der Waals surface area contributed by atoms with Gasteiger partial charge in [-0.2, -0.15) is 0 Å². The topological polar surface area (TPSA) is 32.6 Å². The zero-order chi connectivity index (χ0) is 8.32. The van der Waals surface area contributed by atoms with Crippen molar-refractivity contribution in [2.75, 3.05) is 0 Å². The molecule has 0 heterocycles. The van der Waals surface area contributed by atoms with Crippen LogP contribution in [0, 0.1) is 11.3 Å². The molecule has 1 saturated carbocycles. The van der Waals surface area contributed by atoms with Gasteiger partial charge in [-0.25, -0.2) is 0 Å². The van der Waals surface area contributed by atoms with Crippen molar-refractivity contribution in [3.63, 3.8) is 0 Å². The molecule has 0 aromatic rings. The van der Waals surface area contributed by atoms with Crippen molar-refractivity contribution in [3.8, 4) is 0 Å². The summed E-state index contributed by atoms with van der Waals surface area (Å²) in [4.78, 5) is 0. The van der Waals surface area contributed by atoms with Crippen LogP contribution in [0.25, 0.3) is 0 Å². The first-order chi connectivity index (χ1) is 5.14. The monoisotopic (exact) mass is 155 g/mol. The molecule has 0 spiro atoms. The molecule has 0 unspecified atom stereocenters. The van der Waals surface area contributed by atoms with Crippen molar-refractivity contribution in [3.05, 3.63) is 0 Å². The van der Waals surface area contributed by atoms with Crippen molar-refractivity contribution in [1.82, 2.24) is 0 Å². The van der Waals surface area contributed by atoms with Crippen LogP contribution < -0.4 is 0 Å². The fourth-order valence-corrected chi connectivity index (χ4v) is 1.66. The van der Waals surface area contributed by atoms with Gasteiger partial charge in [-0.1, -0.05) is 13.8 Å². The Kier molecular flexibility index (Phi) is 2.53. The zero-order valence-electron chi connectivity index (χ0n) is 7.38. The average molecular weight is 155 g/mol. The first-order valence-electron chi connectivity index (χ1n) is 4.32. The Morgan fingerprint density at radius 2 is 1.91 bits per heavy atom. The Balaban J connectivity index is 2.36. The zero-order valence-corrected chi connectivity index (χ0v) is 7.38. The molecule has 0 amide bonds. The molecular formula is C9H17NO. The number of hydrogen-bond donors (Lipinski definition) is 1. The van der Waals surface area contributed by atoms with E-state index in [2.05, 4.69) is 19.0 Å². The minimum atomic E-state index is 0.514. The van der Waals surface area contributed by atoms with Gasteiger partial charge in [-0.3, -0.25) is 0 Å². The van der Waals surface area contributed by atoms with Crippen molar-refractivity contribution in [1.29, 1.82) is 0 Å². The first kappa shape index (κ1) is 8.57. The summed E-state index contributed by atoms with van der Waals surface area (Å²) in [6.45, 7) is 4.61. The fraction of sp³-hybridized carbons (Fsp3) is 0.889. The Morgan fingerprint density at radius 3 is 2.36 bits per heavy atom. The maximum Gasteiger partial charge on any atom is 0.0466 e. The van der Waals surface area contributed by atoms with Crippen LogP contribution in [0.3, 0.4) is 0 Å². The molecule has 2 nitrogen and oxygen atoms in total. The molecule has 0 aromatic carbocycles. The van der Waals surface area contributed by atoms with Crippen LogP contribution in [-0.4, -0.2) is 11.4 Å². The average Bonchev–Trinajstić information content (AvgIpc) is 1.94. The summed E-state index contributed by atoms with van der Waals surface area (Å²) in [6.07, 6.45) is 6.54. The molecule has 1 fully saturated rings. The van der Waals surface area contributed by atoms with Gasteiger partial charge in [0.1, 0.15) is 0 Å². The van der Waals surface area contributed by atoms with Crippen molar-refractivity contribution in [2.24, 2.45) is 16.5 Å². The van der Waals surface area contributed by atoms with Crippen LogP contribution in [0.4, 0.5) is 0 Å². The molecule has 1 rings (SSSR count). The number of nitrogens with zero attached hydrogens (tertiary/aromatic N) is 1. The van der Waals surface area contributed by atoms with Crippen LogP contribution in [0.15, 0.2) is 5.16 Å². The summed E-state index contributed by atoms with van der Waals surface area (Å²) in [5.41, 5.74) is 0.514. The molecule has 1 aliphatic rings. The van der Waals surface area contributed by atoms with Gasteiger partial charge in [0.2, 0.25) is 0 Å². The third-order valence-corrected chi connectivity index (χ3v) is 2.66. The third kappa shape index (κ3) is 2.52. The Labute approximate surface area is 68.3 Å². The number of hydrogen-bond acceptors (Lipinski definition) is 2. The highest BCUT2D eigenvalue weighted by molar-refractivity contribution is 5.59. The lowest BCUT2D eigenvalue weighted by atomic mass is 9.73. The van der Waals surface area contributed by atoms with E-state index in [-0.39, 0.29) is 0 Å². The van der Waals surface area contributed by atoms with Crippen LogP contribution in [0.5, 0.6) is 0 Å². The van der Waals surface area contributed by atoms with E-state index >= 15 is 0 Å². The maximum absolute atomic E-state index is 8.32.